The molecule has 0 bridgehead atoms. The molecule has 2 heterocycles. The number of carbonyl (C=O) groups is 1. The molecule has 0 fully saturated rings. The van der Waals surface area contributed by atoms with Crippen LogP contribution in [-0.4, -0.2) is 16.7 Å². The molecule has 1 N–H and O–H groups in total. The van der Waals surface area contributed by atoms with Gasteiger partial charge in [-0.15, -0.1) is 11.3 Å². The highest BCUT2D eigenvalue weighted by molar-refractivity contribution is 7.15. The average molecular weight is 581 g/mol. The van der Waals surface area contributed by atoms with Crippen molar-refractivity contribution in [3.8, 4) is 10.8 Å². The Labute approximate surface area is 243 Å². The number of hydrazone groups is 1. The van der Waals surface area contributed by atoms with E-state index in [1.54, 1.807) is 23.6 Å². The predicted octanol–water partition coefficient (Wildman–Crippen LogP) is 8.30. The van der Waals surface area contributed by atoms with Crippen molar-refractivity contribution in [1.82, 2.24) is 9.99 Å². The summed E-state index contributed by atoms with van der Waals surface area (Å²) in [6.45, 7) is 8.54. The molecule has 0 atom stereocenters. The zero-order chi connectivity index (χ0) is 27.7. The summed E-state index contributed by atoms with van der Waals surface area (Å²) in [7, 11) is 0. The van der Waals surface area contributed by atoms with E-state index in [-0.39, 0.29) is 5.91 Å². The van der Waals surface area contributed by atoms with Gasteiger partial charge in [-0.25, -0.2) is 5.43 Å². The van der Waals surface area contributed by atoms with Crippen LogP contribution in [0.3, 0.4) is 0 Å². The molecule has 5 rings (SSSR count). The van der Waals surface area contributed by atoms with Crippen LogP contribution in [0.1, 0.15) is 67.3 Å². The maximum atomic E-state index is 13.5. The first kappa shape index (κ1) is 27.5. The second-order valence-electron chi connectivity index (χ2n) is 10.1. The Morgan fingerprint density at radius 2 is 1.69 bits per heavy atom. The minimum Gasteiger partial charge on any atom is -0.488 e. The molecule has 0 aliphatic heterocycles. The first-order chi connectivity index (χ1) is 18.7. The van der Waals surface area contributed by atoms with Gasteiger partial charge < -0.3 is 9.30 Å². The maximum Gasteiger partial charge on any atom is 0.274 e. The molecule has 5 nitrogen and oxygen atoms in total. The molecule has 39 heavy (non-hydrogen) atoms. The summed E-state index contributed by atoms with van der Waals surface area (Å²) in [5.41, 5.74) is 10.8. The summed E-state index contributed by atoms with van der Waals surface area (Å²) in [6, 6.07) is 13.7. The first-order valence-electron chi connectivity index (χ1n) is 13.0. The van der Waals surface area contributed by atoms with Gasteiger partial charge >= 0.3 is 0 Å². The SMILES string of the molecule is Cc1cc(/C=N\NC(=O)c2c(-n3c(C)ccc3C)sc3c2CCCC3)cc(C)c1OCc1ccc(Cl)c(Cl)c1. The molecule has 0 saturated heterocycles. The number of hydrogen-bond donors (Lipinski definition) is 1. The van der Waals surface area contributed by atoms with Crippen molar-refractivity contribution in [3.05, 3.63) is 102 Å². The minimum absolute atomic E-state index is 0.164. The third-order valence-corrected chi connectivity index (χ3v) is 9.10. The summed E-state index contributed by atoms with van der Waals surface area (Å²) in [6.07, 6.45) is 5.92. The number of amides is 1. The van der Waals surface area contributed by atoms with Gasteiger partial charge in [0.15, 0.2) is 0 Å². The van der Waals surface area contributed by atoms with E-state index in [2.05, 4.69) is 41.1 Å². The molecular formula is C31H31Cl2N3O2S. The molecule has 202 valence electrons. The number of benzene rings is 2. The number of fused-ring (bicyclic) bond motifs is 1. The normalized spacial score (nSPS) is 13.1. The molecule has 1 aliphatic carbocycles. The van der Waals surface area contributed by atoms with E-state index in [9.17, 15) is 4.79 Å². The minimum atomic E-state index is -0.164. The van der Waals surface area contributed by atoms with Crippen LogP contribution in [0.4, 0.5) is 0 Å². The van der Waals surface area contributed by atoms with E-state index < -0.39 is 0 Å². The van der Waals surface area contributed by atoms with Crippen LogP contribution in [0.15, 0.2) is 47.6 Å². The smallest absolute Gasteiger partial charge is 0.274 e. The summed E-state index contributed by atoms with van der Waals surface area (Å²) >= 11 is 13.9. The highest BCUT2D eigenvalue weighted by atomic mass is 35.5. The van der Waals surface area contributed by atoms with Crippen LogP contribution in [-0.2, 0) is 19.4 Å². The zero-order valence-corrected chi connectivity index (χ0v) is 24.9. The number of nitrogens with zero attached hydrogens (tertiary/aromatic N) is 2. The molecule has 2 aromatic heterocycles. The van der Waals surface area contributed by atoms with Gasteiger partial charge in [-0.3, -0.25) is 4.79 Å². The van der Waals surface area contributed by atoms with E-state index >= 15 is 0 Å². The largest absolute Gasteiger partial charge is 0.488 e. The van der Waals surface area contributed by atoms with E-state index in [0.717, 1.165) is 69.2 Å². The number of hydrogen-bond acceptors (Lipinski definition) is 4. The van der Waals surface area contributed by atoms with E-state index in [1.165, 1.54) is 16.9 Å². The monoisotopic (exact) mass is 579 g/mol. The highest BCUT2D eigenvalue weighted by Crippen LogP contribution is 2.38. The highest BCUT2D eigenvalue weighted by Gasteiger charge is 2.27. The van der Waals surface area contributed by atoms with Gasteiger partial charge in [0.05, 0.1) is 21.8 Å². The van der Waals surface area contributed by atoms with E-state index in [0.29, 0.717) is 16.7 Å². The summed E-state index contributed by atoms with van der Waals surface area (Å²) in [5.74, 6) is 0.650. The lowest BCUT2D eigenvalue weighted by Crippen LogP contribution is -2.21. The number of aromatic nitrogens is 1. The lowest BCUT2D eigenvalue weighted by Gasteiger charge is -2.14. The van der Waals surface area contributed by atoms with Crippen molar-refractivity contribution in [2.45, 2.75) is 60.0 Å². The van der Waals surface area contributed by atoms with Crippen molar-refractivity contribution in [1.29, 1.82) is 0 Å². The van der Waals surface area contributed by atoms with Gasteiger partial charge in [0.25, 0.3) is 5.91 Å². The van der Waals surface area contributed by atoms with Crippen LogP contribution < -0.4 is 10.2 Å². The fraction of sp³-hybridized carbons (Fsp3) is 0.290. The summed E-state index contributed by atoms with van der Waals surface area (Å²) < 4.78 is 8.28. The van der Waals surface area contributed by atoms with Gasteiger partial charge in [-0.05, 0) is 118 Å². The summed E-state index contributed by atoms with van der Waals surface area (Å²) in [4.78, 5) is 14.8. The number of rotatable bonds is 7. The third kappa shape index (κ3) is 5.79. The Morgan fingerprint density at radius 1 is 1.00 bits per heavy atom. The zero-order valence-electron chi connectivity index (χ0n) is 22.5. The number of thiophene rings is 1. The first-order valence-corrected chi connectivity index (χ1v) is 14.6. The van der Waals surface area contributed by atoms with Crippen molar-refractivity contribution in [2.75, 3.05) is 0 Å². The number of aryl methyl sites for hydroxylation is 5. The second kappa shape index (κ2) is 11.6. The Morgan fingerprint density at radius 3 is 2.38 bits per heavy atom. The Bertz CT molecular complexity index is 1540. The molecular weight excluding hydrogens is 549 g/mol. The van der Waals surface area contributed by atoms with Gasteiger partial charge in [0.1, 0.15) is 17.4 Å². The number of halogens is 2. The van der Waals surface area contributed by atoms with Crippen molar-refractivity contribution in [2.24, 2.45) is 5.10 Å². The average Bonchev–Trinajstić information content (AvgIpc) is 3.44. The van der Waals surface area contributed by atoms with E-state index in [4.69, 9.17) is 27.9 Å². The summed E-state index contributed by atoms with van der Waals surface area (Å²) in [5, 5.41) is 6.36. The standard InChI is InChI=1S/C31H31Cl2N3O2S/c1-18-13-23(14-19(2)29(18)38-17-22-11-12-25(32)26(33)15-22)16-34-35-30(37)28-24-7-5-6-8-27(24)39-31(28)36-20(3)9-10-21(36)4/h9-16H,5-8,17H2,1-4H3,(H,35,37)/b34-16-. The maximum absolute atomic E-state index is 13.5. The molecule has 0 saturated carbocycles. The van der Waals surface area contributed by atoms with Crippen LogP contribution in [0, 0.1) is 27.7 Å². The topological polar surface area (TPSA) is 55.6 Å². The lowest BCUT2D eigenvalue weighted by atomic mass is 9.95. The van der Waals surface area contributed by atoms with Gasteiger partial charge in [0.2, 0.25) is 0 Å². The number of carbonyl (C=O) groups excluding carboxylic acids is 1. The predicted molar refractivity (Wildman–Crippen MR) is 162 cm³/mol. The Hall–Kier alpha value is -3.06. The van der Waals surface area contributed by atoms with Gasteiger partial charge in [-0.2, -0.15) is 5.10 Å². The van der Waals surface area contributed by atoms with Crippen molar-refractivity contribution >= 4 is 46.7 Å². The van der Waals surface area contributed by atoms with Crippen LogP contribution >= 0.6 is 34.5 Å². The van der Waals surface area contributed by atoms with Gasteiger partial charge in [0, 0.05) is 16.3 Å². The fourth-order valence-corrected chi connectivity index (χ4v) is 7.05. The molecule has 0 unspecified atom stereocenters. The van der Waals surface area contributed by atoms with Crippen molar-refractivity contribution in [3.63, 3.8) is 0 Å². The molecule has 0 spiro atoms. The Balaban J connectivity index is 1.33. The Kier molecular flexibility index (Phi) is 8.17. The molecule has 1 amide bonds. The van der Waals surface area contributed by atoms with Gasteiger partial charge in [-0.1, -0.05) is 29.3 Å². The molecule has 0 radical (unpaired) electrons. The van der Waals surface area contributed by atoms with Crippen LogP contribution in [0.5, 0.6) is 5.75 Å². The molecule has 2 aromatic carbocycles. The fourth-order valence-electron chi connectivity index (χ4n) is 5.22. The lowest BCUT2D eigenvalue weighted by molar-refractivity contribution is 0.0954. The third-order valence-electron chi connectivity index (χ3n) is 7.08. The second-order valence-corrected chi connectivity index (χ2v) is 12.0. The van der Waals surface area contributed by atoms with Crippen molar-refractivity contribution < 1.29 is 9.53 Å². The van der Waals surface area contributed by atoms with Crippen LogP contribution in [0.2, 0.25) is 10.0 Å². The number of ether oxygens (including phenoxy) is 1. The quantitative estimate of drug-likeness (QED) is 0.177. The molecule has 4 aromatic rings. The van der Waals surface area contributed by atoms with E-state index in [1.807, 2.05) is 38.1 Å². The number of nitrogens with one attached hydrogen (secondary N) is 1. The molecule has 1 aliphatic rings. The molecule has 8 heteroatoms. The van der Waals surface area contributed by atoms with Crippen LogP contribution in [0.25, 0.3) is 5.00 Å².